The van der Waals surface area contributed by atoms with Gasteiger partial charge in [-0.2, -0.15) is 0 Å². The second-order valence-electron chi connectivity index (χ2n) is 2.30. The minimum Gasteiger partial charge on any atom is -0.366 e. The van der Waals surface area contributed by atoms with Crippen LogP contribution in [0.2, 0.25) is 0 Å². The third-order valence-electron chi connectivity index (χ3n) is 1.48. The molecule has 64 valence electrons. The molecule has 1 aromatic carbocycles. The van der Waals surface area contributed by atoms with Gasteiger partial charge in [0, 0.05) is 15.4 Å². The Morgan fingerprint density at radius 2 is 2.17 bits per heavy atom. The summed E-state index contributed by atoms with van der Waals surface area (Å²) >= 11 is 6.55. The van der Waals surface area contributed by atoms with Crippen molar-refractivity contribution >= 4 is 37.8 Å². The van der Waals surface area contributed by atoms with Crippen molar-refractivity contribution in [1.29, 1.82) is 0 Å². The van der Waals surface area contributed by atoms with Crippen LogP contribution in [0.3, 0.4) is 0 Å². The molecule has 0 bridgehead atoms. The Kier molecular flexibility index (Phi) is 3.29. The number of amides is 1. The number of nitrogens with two attached hydrogens (primary N) is 1. The highest BCUT2D eigenvalue weighted by Crippen LogP contribution is 2.18. The lowest BCUT2D eigenvalue weighted by atomic mass is 10.1. The van der Waals surface area contributed by atoms with E-state index in [1.807, 2.05) is 12.1 Å². The van der Waals surface area contributed by atoms with Crippen LogP contribution in [0.1, 0.15) is 15.9 Å². The fourth-order valence-corrected chi connectivity index (χ4v) is 1.74. The second-order valence-corrected chi connectivity index (χ2v) is 3.78. The van der Waals surface area contributed by atoms with Gasteiger partial charge in [-0.15, -0.1) is 0 Å². The smallest absolute Gasteiger partial charge is 0.249 e. The van der Waals surface area contributed by atoms with Crippen LogP contribution in [0, 0.1) is 0 Å². The van der Waals surface area contributed by atoms with E-state index in [0.29, 0.717) is 10.9 Å². The highest BCUT2D eigenvalue weighted by atomic mass is 79.9. The van der Waals surface area contributed by atoms with Crippen molar-refractivity contribution in [2.24, 2.45) is 5.73 Å². The van der Waals surface area contributed by atoms with Crippen molar-refractivity contribution in [1.82, 2.24) is 0 Å². The highest BCUT2D eigenvalue weighted by Gasteiger charge is 2.06. The van der Waals surface area contributed by atoms with Crippen molar-refractivity contribution in [3.8, 4) is 0 Å². The number of alkyl halides is 1. The van der Waals surface area contributed by atoms with E-state index in [4.69, 9.17) is 5.73 Å². The van der Waals surface area contributed by atoms with Gasteiger partial charge in [0.25, 0.3) is 0 Å². The van der Waals surface area contributed by atoms with Crippen LogP contribution < -0.4 is 5.73 Å². The quantitative estimate of drug-likeness (QED) is 0.836. The summed E-state index contributed by atoms with van der Waals surface area (Å²) in [4.78, 5) is 10.9. The van der Waals surface area contributed by atoms with Gasteiger partial charge in [-0.3, -0.25) is 4.79 Å². The van der Waals surface area contributed by atoms with Crippen molar-refractivity contribution in [3.05, 3.63) is 33.8 Å². The zero-order valence-corrected chi connectivity index (χ0v) is 9.35. The molecule has 4 heteroatoms. The maximum absolute atomic E-state index is 10.9. The van der Waals surface area contributed by atoms with Crippen LogP contribution in [0.25, 0.3) is 0 Å². The summed E-state index contributed by atoms with van der Waals surface area (Å²) in [5, 5.41) is 0.637. The molecule has 0 aromatic heterocycles. The SMILES string of the molecule is NC(=O)c1cc(Br)ccc1CBr. The standard InChI is InChI=1S/C8H7Br2NO/c9-4-5-1-2-6(10)3-7(5)8(11)12/h1-3H,4H2,(H2,11,12). The fourth-order valence-electron chi connectivity index (χ4n) is 0.895. The van der Waals surface area contributed by atoms with Crippen LogP contribution in [-0.4, -0.2) is 5.91 Å². The average Bonchev–Trinajstić information content (AvgIpc) is 2.04. The molecule has 2 N–H and O–H groups in total. The second kappa shape index (κ2) is 4.05. The molecule has 1 amide bonds. The van der Waals surface area contributed by atoms with Crippen LogP contribution in [0.15, 0.2) is 22.7 Å². The summed E-state index contributed by atoms with van der Waals surface area (Å²) < 4.78 is 0.862. The normalized spacial score (nSPS) is 9.83. The van der Waals surface area contributed by atoms with E-state index in [-0.39, 0.29) is 0 Å². The van der Waals surface area contributed by atoms with E-state index in [9.17, 15) is 4.79 Å². The maximum atomic E-state index is 10.9. The van der Waals surface area contributed by atoms with Crippen molar-refractivity contribution in [3.63, 3.8) is 0 Å². The largest absolute Gasteiger partial charge is 0.366 e. The average molecular weight is 293 g/mol. The molecule has 2 nitrogen and oxygen atoms in total. The van der Waals surface area contributed by atoms with Gasteiger partial charge in [-0.05, 0) is 17.7 Å². The first-order chi connectivity index (χ1) is 5.65. The number of carbonyl (C=O) groups excluding carboxylic acids is 1. The number of hydrogen-bond acceptors (Lipinski definition) is 1. The lowest BCUT2D eigenvalue weighted by molar-refractivity contribution is 0.0999. The zero-order valence-electron chi connectivity index (χ0n) is 6.18. The van der Waals surface area contributed by atoms with Gasteiger partial charge in [0.2, 0.25) is 5.91 Å². The van der Waals surface area contributed by atoms with Gasteiger partial charge < -0.3 is 5.73 Å². The van der Waals surface area contributed by atoms with E-state index in [0.717, 1.165) is 10.0 Å². The molecule has 0 aliphatic rings. The van der Waals surface area contributed by atoms with Crippen LogP contribution in [0.4, 0.5) is 0 Å². The molecule has 0 radical (unpaired) electrons. The molecule has 1 aromatic rings. The van der Waals surface area contributed by atoms with E-state index < -0.39 is 5.91 Å². The van der Waals surface area contributed by atoms with Gasteiger partial charge in [-0.1, -0.05) is 37.9 Å². The minimum absolute atomic E-state index is 0.397. The lowest BCUT2D eigenvalue weighted by Gasteiger charge is -2.02. The maximum Gasteiger partial charge on any atom is 0.249 e. The molecule has 0 aliphatic carbocycles. The van der Waals surface area contributed by atoms with Crippen molar-refractivity contribution in [2.75, 3.05) is 0 Å². The summed E-state index contributed by atoms with van der Waals surface area (Å²) in [6.07, 6.45) is 0. The molecular weight excluding hydrogens is 286 g/mol. The summed E-state index contributed by atoms with van der Waals surface area (Å²) in [6, 6.07) is 5.46. The molecule has 0 fully saturated rings. The molecule has 12 heavy (non-hydrogen) atoms. The third-order valence-corrected chi connectivity index (χ3v) is 2.58. The summed E-state index contributed by atoms with van der Waals surface area (Å²) in [6.45, 7) is 0. The molecule has 0 aliphatic heterocycles. The van der Waals surface area contributed by atoms with Crippen molar-refractivity contribution < 1.29 is 4.79 Å². The Morgan fingerprint density at radius 1 is 1.50 bits per heavy atom. The summed E-state index contributed by atoms with van der Waals surface area (Å²) in [5.41, 5.74) is 6.64. The zero-order chi connectivity index (χ0) is 9.14. The van der Waals surface area contributed by atoms with Crippen molar-refractivity contribution in [2.45, 2.75) is 5.33 Å². The molecular formula is C8H7Br2NO. The lowest BCUT2D eigenvalue weighted by Crippen LogP contribution is -2.13. The first-order valence-corrected chi connectivity index (χ1v) is 5.21. The number of halogens is 2. The molecule has 0 heterocycles. The fraction of sp³-hybridized carbons (Fsp3) is 0.125. The van der Waals surface area contributed by atoms with Crippen LogP contribution in [0.5, 0.6) is 0 Å². The summed E-state index contributed by atoms with van der Waals surface area (Å²) in [5.74, 6) is -0.397. The Morgan fingerprint density at radius 3 is 2.67 bits per heavy atom. The van der Waals surface area contributed by atoms with Crippen LogP contribution >= 0.6 is 31.9 Å². The molecule has 0 saturated heterocycles. The topological polar surface area (TPSA) is 43.1 Å². The molecule has 1 rings (SSSR count). The highest BCUT2D eigenvalue weighted by molar-refractivity contribution is 9.10. The van der Waals surface area contributed by atoms with Gasteiger partial charge in [-0.25, -0.2) is 0 Å². The first-order valence-electron chi connectivity index (χ1n) is 3.29. The number of rotatable bonds is 2. The van der Waals surface area contributed by atoms with E-state index in [2.05, 4.69) is 31.9 Å². The Hall–Kier alpha value is -0.350. The number of carbonyl (C=O) groups is 1. The molecule has 0 atom stereocenters. The van der Waals surface area contributed by atoms with Crippen LogP contribution in [-0.2, 0) is 5.33 Å². The predicted molar refractivity (Wildman–Crippen MR) is 55.3 cm³/mol. The Labute approximate surface area is 87.4 Å². The van der Waals surface area contributed by atoms with E-state index in [1.54, 1.807) is 6.07 Å². The Bertz CT molecular complexity index is 312. The Balaban J connectivity index is 3.21. The molecule has 0 spiro atoms. The van der Waals surface area contributed by atoms with Gasteiger partial charge in [0.05, 0.1) is 0 Å². The summed E-state index contributed by atoms with van der Waals surface area (Å²) in [7, 11) is 0. The van der Waals surface area contributed by atoms with E-state index >= 15 is 0 Å². The predicted octanol–water partition coefficient (Wildman–Crippen LogP) is 2.44. The van der Waals surface area contributed by atoms with Gasteiger partial charge in [0.1, 0.15) is 0 Å². The van der Waals surface area contributed by atoms with E-state index in [1.165, 1.54) is 0 Å². The number of primary amides is 1. The molecule has 0 unspecified atom stereocenters. The molecule has 0 saturated carbocycles. The first kappa shape index (κ1) is 9.74. The third kappa shape index (κ3) is 2.08. The monoisotopic (exact) mass is 291 g/mol. The van der Waals surface area contributed by atoms with Gasteiger partial charge >= 0.3 is 0 Å². The van der Waals surface area contributed by atoms with Gasteiger partial charge in [0.15, 0.2) is 0 Å². The number of hydrogen-bond donors (Lipinski definition) is 1. The number of benzene rings is 1. The minimum atomic E-state index is -0.397.